The Bertz CT molecular complexity index is 783. The van der Waals surface area contributed by atoms with Gasteiger partial charge in [-0.2, -0.15) is 10.1 Å². The zero-order valence-electron chi connectivity index (χ0n) is 15.7. The van der Waals surface area contributed by atoms with Crippen molar-refractivity contribution in [1.29, 1.82) is 0 Å². The van der Waals surface area contributed by atoms with Crippen LogP contribution in [0.15, 0.2) is 30.3 Å². The minimum absolute atomic E-state index is 0.124. The van der Waals surface area contributed by atoms with Gasteiger partial charge in [0.15, 0.2) is 5.82 Å². The summed E-state index contributed by atoms with van der Waals surface area (Å²) in [6.45, 7) is 3.36. The van der Waals surface area contributed by atoms with E-state index in [1.807, 2.05) is 30.3 Å². The SMILES string of the molecule is CC(=O)NC(CC(=O)Nc1nc(C2CCNCC2)nn1C)c1ccccc1. The summed E-state index contributed by atoms with van der Waals surface area (Å²) in [6, 6.07) is 9.07. The van der Waals surface area contributed by atoms with Crippen LogP contribution in [0.1, 0.15) is 49.5 Å². The second kappa shape index (κ2) is 8.77. The van der Waals surface area contributed by atoms with Crippen LogP contribution < -0.4 is 16.0 Å². The lowest BCUT2D eigenvalue weighted by Gasteiger charge is -2.19. The normalized spacial score (nSPS) is 15.9. The van der Waals surface area contributed by atoms with Crippen molar-refractivity contribution in [3.8, 4) is 0 Å². The van der Waals surface area contributed by atoms with Crippen molar-refractivity contribution in [3.63, 3.8) is 0 Å². The Morgan fingerprint density at radius 2 is 1.96 bits per heavy atom. The summed E-state index contributed by atoms with van der Waals surface area (Å²) in [5, 5.41) is 13.5. The first kappa shape index (κ1) is 19.0. The van der Waals surface area contributed by atoms with Gasteiger partial charge in [0.1, 0.15) is 0 Å². The molecule has 1 atom stereocenters. The first-order chi connectivity index (χ1) is 13.0. The smallest absolute Gasteiger partial charge is 0.229 e. The van der Waals surface area contributed by atoms with E-state index in [-0.39, 0.29) is 24.3 Å². The number of aryl methyl sites for hydroxylation is 1. The number of nitrogens with zero attached hydrogens (tertiary/aromatic N) is 3. The molecule has 1 aromatic carbocycles. The standard InChI is InChI=1S/C19H26N6O2/c1-13(26)21-16(14-6-4-3-5-7-14)12-17(27)22-19-23-18(24-25(19)2)15-8-10-20-11-9-15/h3-7,15-16,20H,8-12H2,1-2H3,(H,21,26)(H,22,23,24,27). The molecule has 3 N–H and O–H groups in total. The first-order valence-electron chi connectivity index (χ1n) is 9.26. The van der Waals surface area contributed by atoms with Crippen molar-refractivity contribution in [2.75, 3.05) is 18.4 Å². The summed E-state index contributed by atoms with van der Waals surface area (Å²) in [7, 11) is 1.77. The third-order valence-electron chi connectivity index (χ3n) is 4.70. The van der Waals surface area contributed by atoms with E-state index in [4.69, 9.17) is 0 Å². The van der Waals surface area contributed by atoms with Gasteiger partial charge in [-0.15, -0.1) is 0 Å². The van der Waals surface area contributed by atoms with Crippen molar-refractivity contribution >= 4 is 17.8 Å². The predicted octanol–water partition coefficient (Wildman–Crippen LogP) is 1.49. The molecule has 2 aromatic rings. The van der Waals surface area contributed by atoms with E-state index in [2.05, 4.69) is 26.0 Å². The van der Waals surface area contributed by atoms with Crippen LogP contribution in [-0.2, 0) is 16.6 Å². The lowest BCUT2D eigenvalue weighted by Crippen LogP contribution is -2.30. The van der Waals surface area contributed by atoms with E-state index >= 15 is 0 Å². The van der Waals surface area contributed by atoms with Gasteiger partial charge in [0.25, 0.3) is 0 Å². The molecule has 0 saturated carbocycles. The van der Waals surface area contributed by atoms with Crippen molar-refractivity contribution in [2.45, 2.75) is 38.1 Å². The average molecular weight is 370 g/mol. The molecule has 144 valence electrons. The van der Waals surface area contributed by atoms with Gasteiger partial charge in [0.05, 0.1) is 12.5 Å². The van der Waals surface area contributed by atoms with Crippen molar-refractivity contribution in [2.24, 2.45) is 7.05 Å². The van der Waals surface area contributed by atoms with Crippen LogP contribution in [0.4, 0.5) is 5.95 Å². The first-order valence-corrected chi connectivity index (χ1v) is 9.26. The van der Waals surface area contributed by atoms with Gasteiger partial charge in [0.2, 0.25) is 17.8 Å². The number of hydrogen-bond acceptors (Lipinski definition) is 5. The molecule has 0 bridgehead atoms. The maximum Gasteiger partial charge on any atom is 0.229 e. The van der Waals surface area contributed by atoms with E-state index in [0.29, 0.717) is 11.9 Å². The second-order valence-corrected chi connectivity index (χ2v) is 6.86. The fraction of sp³-hybridized carbons (Fsp3) is 0.474. The summed E-state index contributed by atoms with van der Waals surface area (Å²) in [5.74, 6) is 1.13. The minimum Gasteiger partial charge on any atom is -0.349 e. The number of piperidine rings is 1. The number of carbonyl (C=O) groups is 2. The number of nitrogens with one attached hydrogen (secondary N) is 3. The lowest BCUT2D eigenvalue weighted by molar-refractivity contribution is -0.120. The molecule has 1 saturated heterocycles. The number of carbonyl (C=O) groups excluding carboxylic acids is 2. The summed E-state index contributed by atoms with van der Waals surface area (Å²) < 4.78 is 1.60. The number of aromatic nitrogens is 3. The Morgan fingerprint density at radius 1 is 1.26 bits per heavy atom. The zero-order chi connectivity index (χ0) is 19.2. The molecule has 0 aliphatic carbocycles. The van der Waals surface area contributed by atoms with E-state index in [9.17, 15) is 9.59 Å². The van der Waals surface area contributed by atoms with E-state index < -0.39 is 0 Å². The highest BCUT2D eigenvalue weighted by molar-refractivity contribution is 5.90. The molecule has 1 aromatic heterocycles. The van der Waals surface area contributed by atoms with Crippen LogP contribution in [0.2, 0.25) is 0 Å². The van der Waals surface area contributed by atoms with Crippen LogP contribution >= 0.6 is 0 Å². The quantitative estimate of drug-likeness (QED) is 0.715. The molecular formula is C19H26N6O2. The van der Waals surface area contributed by atoms with Gasteiger partial charge < -0.3 is 10.6 Å². The van der Waals surface area contributed by atoms with Crippen molar-refractivity contribution < 1.29 is 9.59 Å². The molecule has 0 radical (unpaired) electrons. The van der Waals surface area contributed by atoms with Gasteiger partial charge in [-0.3, -0.25) is 14.9 Å². The molecular weight excluding hydrogens is 344 g/mol. The molecule has 0 spiro atoms. The summed E-state index contributed by atoms with van der Waals surface area (Å²) in [6.07, 6.45) is 2.12. The van der Waals surface area contributed by atoms with Crippen LogP contribution in [0, 0.1) is 0 Å². The third-order valence-corrected chi connectivity index (χ3v) is 4.70. The number of rotatable bonds is 6. The van der Waals surface area contributed by atoms with Crippen LogP contribution in [0.3, 0.4) is 0 Å². The highest BCUT2D eigenvalue weighted by Gasteiger charge is 2.22. The lowest BCUT2D eigenvalue weighted by atomic mass is 9.98. The van der Waals surface area contributed by atoms with Gasteiger partial charge in [0, 0.05) is 19.9 Å². The maximum absolute atomic E-state index is 12.6. The molecule has 1 fully saturated rings. The second-order valence-electron chi connectivity index (χ2n) is 6.86. The van der Waals surface area contributed by atoms with E-state index in [1.165, 1.54) is 6.92 Å². The molecule has 1 unspecified atom stereocenters. The number of benzene rings is 1. The summed E-state index contributed by atoms with van der Waals surface area (Å²) in [5.41, 5.74) is 0.885. The predicted molar refractivity (Wildman–Crippen MR) is 102 cm³/mol. The van der Waals surface area contributed by atoms with Gasteiger partial charge in [-0.25, -0.2) is 4.68 Å². The van der Waals surface area contributed by atoms with Crippen LogP contribution in [-0.4, -0.2) is 39.7 Å². The molecule has 8 heteroatoms. The van der Waals surface area contributed by atoms with E-state index in [1.54, 1.807) is 11.7 Å². The van der Waals surface area contributed by atoms with Crippen LogP contribution in [0.5, 0.6) is 0 Å². The third kappa shape index (κ3) is 5.13. The highest BCUT2D eigenvalue weighted by Crippen LogP contribution is 2.23. The van der Waals surface area contributed by atoms with Gasteiger partial charge >= 0.3 is 0 Å². The average Bonchev–Trinajstić information content (AvgIpc) is 3.03. The largest absolute Gasteiger partial charge is 0.349 e. The fourth-order valence-electron chi connectivity index (χ4n) is 3.31. The molecule has 3 rings (SSSR count). The monoisotopic (exact) mass is 370 g/mol. The minimum atomic E-state index is -0.388. The Balaban J connectivity index is 1.67. The molecule has 27 heavy (non-hydrogen) atoms. The Hall–Kier alpha value is -2.74. The highest BCUT2D eigenvalue weighted by atomic mass is 16.2. The number of hydrogen-bond donors (Lipinski definition) is 3. The van der Waals surface area contributed by atoms with Gasteiger partial charge in [-0.1, -0.05) is 30.3 Å². The van der Waals surface area contributed by atoms with Crippen molar-refractivity contribution in [1.82, 2.24) is 25.4 Å². The number of amides is 2. The Kier molecular flexibility index (Phi) is 6.18. The van der Waals surface area contributed by atoms with Gasteiger partial charge in [-0.05, 0) is 31.5 Å². The van der Waals surface area contributed by atoms with Crippen LogP contribution in [0.25, 0.3) is 0 Å². The fourth-order valence-corrected chi connectivity index (χ4v) is 3.31. The maximum atomic E-state index is 12.6. The number of anilines is 1. The summed E-state index contributed by atoms with van der Waals surface area (Å²) >= 11 is 0. The Morgan fingerprint density at radius 3 is 2.63 bits per heavy atom. The van der Waals surface area contributed by atoms with E-state index in [0.717, 1.165) is 37.3 Å². The molecule has 1 aliphatic rings. The molecule has 2 amide bonds. The zero-order valence-corrected chi connectivity index (χ0v) is 15.7. The topological polar surface area (TPSA) is 101 Å². The Labute approximate surface area is 158 Å². The molecule has 2 heterocycles. The summed E-state index contributed by atoms with van der Waals surface area (Å²) in [4.78, 5) is 28.6. The molecule has 1 aliphatic heterocycles. The molecule has 8 nitrogen and oxygen atoms in total. The van der Waals surface area contributed by atoms with Crippen molar-refractivity contribution in [3.05, 3.63) is 41.7 Å².